The van der Waals surface area contributed by atoms with Crippen molar-refractivity contribution in [3.8, 4) is 0 Å². The number of hydrogen-bond acceptors (Lipinski definition) is 2. The zero-order valence-electron chi connectivity index (χ0n) is 9.06. The van der Waals surface area contributed by atoms with Crippen molar-refractivity contribution >= 4 is 21.9 Å². The second kappa shape index (κ2) is 4.55. The molecule has 0 spiro atoms. The Bertz CT molecular complexity index is 391. The first-order valence-electron chi connectivity index (χ1n) is 5.24. The minimum absolute atomic E-state index is 0.107. The average Bonchev–Trinajstić information content (AvgIpc) is 2.61. The summed E-state index contributed by atoms with van der Waals surface area (Å²) in [5.41, 5.74) is 1.11. The molecule has 1 N–H and O–H groups in total. The summed E-state index contributed by atoms with van der Waals surface area (Å²) >= 11 is 3.38. The standard InChI is InChI=1S/C12H14BrNO2/c1-14-6-10(11(7-14)12(15)16)8-2-4-9(13)5-3-8/h2-5,10-11H,6-7H2,1H3,(H,15,16)/t10-,11-/m1/s1. The molecule has 16 heavy (non-hydrogen) atoms. The number of carbonyl (C=O) groups is 1. The third-order valence-corrected chi connectivity index (χ3v) is 3.65. The lowest BCUT2D eigenvalue weighted by molar-refractivity contribution is -0.141. The molecule has 0 saturated carbocycles. The van der Waals surface area contributed by atoms with Gasteiger partial charge < -0.3 is 10.0 Å². The fourth-order valence-electron chi connectivity index (χ4n) is 2.30. The molecule has 4 heteroatoms. The van der Waals surface area contributed by atoms with Gasteiger partial charge in [0.05, 0.1) is 5.92 Å². The second-order valence-electron chi connectivity index (χ2n) is 4.32. The van der Waals surface area contributed by atoms with E-state index >= 15 is 0 Å². The normalized spacial score (nSPS) is 25.9. The first-order chi connectivity index (χ1) is 7.58. The van der Waals surface area contributed by atoms with Crippen LogP contribution in [0.4, 0.5) is 0 Å². The predicted molar refractivity (Wildman–Crippen MR) is 65.5 cm³/mol. The summed E-state index contributed by atoms with van der Waals surface area (Å²) in [6.45, 7) is 1.45. The van der Waals surface area contributed by atoms with E-state index in [1.54, 1.807) is 0 Å². The van der Waals surface area contributed by atoms with E-state index in [1.807, 2.05) is 31.3 Å². The lowest BCUT2D eigenvalue weighted by Crippen LogP contribution is -2.21. The zero-order chi connectivity index (χ0) is 11.7. The fourth-order valence-corrected chi connectivity index (χ4v) is 2.56. The molecule has 1 aliphatic heterocycles. The van der Waals surface area contributed by atoms with Crippen molar-refractivity contribution in [2.75, 3.05) is 20.1 Å². The van der Waals surface area contributed by atoms with E-state index in [2.05, 4.69) is 20.8 Å². The van der Waals surface area contributed by atoms with Gasteiger partial charge in [0.15, 0.2) is 0 Å². The highest BCUT2D eigenvalue weighted by Crippen LogP contribution is 2.32. The maximum Gasteiger partial charge on any atom is 0.308 e. The molecule has 3 nitrogen and oxygen atoms in total. The molecule has 2 rings (SSSR count). The molecule has 1 aromatic rings. The molecule has 1 heterocycles. The maximum atomic E-state index is 11.2. The Morgan fingerprint density at radius 3 is 2.56 bits per heavy atom. The number of halogens is 1. The van der Waals surface area contributed by atoms with Crippen molar-refractivity contribution in [2.24, 2.45) is 5.92 Å². The van der Waals surface area contributed by atoms with E-state index in [4.69, 9.17) is 0 Å². The van der Waals surface area contributed by atoms with Gasteiger partial charge in [0.1, 0.15) is 0 Å². The lowest BCUT2D eigenvalue weighted by Gasteiger charge is -2.14. The van der Waals surface area contributed by atoms with Crippen LogP contribution < -0.4 is 0 Å². The highest BCUT2D eigenvalue weighted by Gasteiger charge is 2.36. The number of carboxylic acids is 1. The topological polar surface area (TPSA) is 40.5 Å². The molecule has 1 aliphatic rings. The molecule has 0 radical (unpaired) electrons. The van der Waals surface area contributed by atoms with Crippen molar-refractivity contribution in [1.82, 2.24) is 4.90 Å². The van der Waals surface area contributed by atoms with Crippen LogP contribution in [0.2, 0.25) is 0 Å². The number of nitrogens with zero attached hydrogens (tertiary/aromatic N) is 1. The Labute approximate surface area is 103 Å². The summed E-state index contributed by atoms with van der Waals surface area (Å²) in [6, 6.07) is 7.94. The van der Waals surface area contributed by atoms with Gasteiger partial charge in [0.2, 0.25) is 0 Å². The number of rotatable bonds is 2. The molecule has 1 aromatic carbocycles. The van der Waals surface area contributed by atoms with Gasteiger partial charge in [-0.25, -0.2) is 0 Å². The van der Waals surface area contributed by atoms with Crippen LogP contribution in [0.5, 0.6) is 0 Å². The number of aliphatic carboxylic acids is 1. The highest BCUT2D eigenvalue weighted by molar-refractivity contribution is 9.10. The van der Waals surface area contributed by atoms with Crippen LogP contribution in [0.25, 0.3) is 0 Å². The first kappa shape index (κ1) is 11.6. The third-order valence-electron chi connectivity index (χ3n) is 3.12. The lowest BCUT2D eigenvalue weighted by atomic mass is 9.89. The largest absolute Gasteiger partial charge is 0.481 e. The smallest absolute Gasteiger partial charge is 0.308 e. The van der Waals surface area contributed by atoms with Gasteiger partial charge in [0.25, 0.3) is 0 Å². The monoisotopic (exact) mass is 283 g/mol. The van der Waals surface area contributed by atoms with Crippen LogP contribution in [0.3, 0.4) is 0 Å². The molecule has 0 unspecified atom stereocenters. The Morgan fingerprint density at radius 1 is 1.38 bits per heavy atom. The van der Waals surface area contributed by atoms with Crippen molar-refractivity contribution in [3.05, 3.63) is 34.3 Å². The van der Waals surface area contributed by atoms with Crippen molar-refractivity contribution < 1.29 is 9.90 Å². The maximum absolute atomic E-state index is 11.2. The number of likely N-dealkylation sites (tertiary alicyclic amines) is 1. The van der Waals surface area contributed by atoms with Crippen LogP contribution in [-0.4, -0.2) is 36.1 Å². The van der Waals surface area contributed by atoms with E-state index in [9.17, 15) is 9.90 Å². The molecule has 1 fully saturated rings. The second-order valence-corrected chi connectivity index (χ2v) is 5.24. The van der Waals surface area contributed by atoms with E-state index in [0.717, 1.165) is 16.6 Å². The van der Waals surface area contributed by atoms with Crippen molar-refractivity contribution in [3.63, 3.8) is 0 Å². The van der Waals surface area contributed by atoms with Gasteiger partial charge in [-0.1, -0.05) is 28.1 Å². The summed E-state index contributed by atoms with van der Waals surface area (Å²) < 4.78 is 1.02. The molecule has 0 amide bonds. The molecule has 0 aliphatic carbocycles. The summed E-state index contributed by atoms with van der Waals surface area (Å²) in [6.07, 6.45) is 0. The SMILES string of the molecule is CN1C[C@H](c2ccc(Br)cc2)[C@H](C(=O)O)C1. The predicted octanol–water partition coefficient (Wildman–Crippen LogP) is 2.18. The van der Waals surface area contributed by atoms with Gasteiger partial charge in [-0.2, -0.15) is 0 Å². The van der Waals surface area contributed by atoms with E-state index < -0.39 is 5.97 Å². The molecular formula is C12H14BrNO2. The van der Waals surface area contributed by atoms with Crippen LogP contribution >= 0.6 is 15.9 Å². The Morgan fingerprint density at radius 2 is 2.00 bits per heavy atom. The van der Waals surface area contributed by atoms with Crippen molar-refractivity contribution in [2.45, 2.75) is 5.92 Å². The zero-order valence-corrected chi connectivity index (χ0v) is 10.6. The fraction of sp³-hybridized carbons (Fsp3) is 0.417. The highest BCUT2D eigenvalue weighted by atomic mass is 79.9. The first-order valence-corrected chi connectivity index (χ1v) is 6.04. The summed E-state index contributed by atoms with van der Waals surface area (Å²) in [7, 11) is 1.97. The Balaban J connectivity index is 2.25. The van der Waals surface area contributed by atoms with E-state index in [0.29, 0.717) is 6.54 Å². The number of carboxylic acid groups (broad SMARTS) is 1. The molecule has 86 valence electrons. The van der Waals surface area contributed by atoms with Crippen LogP contribution in [0.15, 0.2) is 28.7 Å². The Kier molecular flexibility index (Phi) is 3.30. The Hall–Kier alpha value is -0.870. The number of hydrogen-bond donors (Lipinski definition) is 1. The molecular weight excluding hydrogens is 270 g/mol. The number of likely N-dealkylation sites (N-methyl/N-ethyl adjacent to an activating group) is 1. The van der Waals surface area contributed by atoms with Gasteiger partial charge in [0, 0.05) is 23.5 Å². The van der Waals surface area contributed by atoms with Gasteiger partial charge in [-0.05, 0) is 24.7 Å². The molecule has 2 atom stereocenters. The quantitative estimate of drug-likeness (QED) is 0.905. The average molecular weight is 284 g/mol. The van der Waals surface area contributed by atoms with Crippen molar-refractivity contribution in [1.29, 1.82) is 0 Å². The summed E-state index contributed by atoms with van der Waals surface area (Å²) in [5.74, 6) is -0.876. The van der Waals surface area contributed by atoms with Crippen LogP contribution in [-0.2, 0) is 4.79 Å². The van der Waals surface area contributed by atoms with Gasteiger partial charge in [-0.3, -0.25) is 4.79 Å². The van der Waals surface area contributed by atoms with E-state index in [-0.39, 0.29) is 11.8 Å². The number of benzene rings is 1. The minimum atomic E-state index is -0.697. The summed E-state index contributed by atoms with van der Waals surface area (Å²) in [4.78, 5) is 13.2. The third kappa shape index (κ3) is 2.28. The van der Waals surface area contributed by atoms with Crippen LogP contribution in [0.1, 0.15) is 11.5 Å². The van der Waals surface area contributed by atoms with Gasteiger partial charge in [-0.15, -0.1) is 0 Å². The van der Waals surface area contributed by atoms with Crippen LogP contribution in [0, 0.1) is 5.92 Å². The minimum Gasteiger partial charge on any atom is -0.481 e. The van der Waals surface area contributed by atoms with Gasteiger partial charge >= 0.3 is 5.97 Å². The van der Waals surface area contributed by atoms with E-state index in [1.165, 1.54) is 0 Å². The summed E-state index contributed by atoms with van der Waals surface area (Å²) in [5, 5.41) is 9.18. The molecule has 1 saturated heterocycles. The molecule has 0 bridgehead atoms. The molecule has 0 aromatic heterocycles.